The molecule has 0 bridgehead atoms. The molecule has 1 amide bonds. The number of hydrogen-bond acceptors (Lipinski definition) is 7. The molecule has 3 aromatic rings. The van der Waals surface area contributed by atoms with Gasteiger partial charge in [0.05, 0.1) is 29.7 Å². The number of amides is 1. The first-order chi connectivity index (χ1) is 15.0. The van der Waals surface area contributed by atoms with Crippen molar-refractivity contribution in [3.05, 3.63) is 53.6 Å². The molecule has 0 aliphatic heterocycles. The van der Waals surface area contributed by atoms with Gasteiger partial charge in [-0.3, -0.25) is 14.5 Å². The lowest BCUT2D eigenvalue weighted by molar-refractivity contribution is 0.0664. The van der Waals surface area contributed by atoms with Crippen LogP contribution in [0.1, 0.15) is 53.0 Å². The highest BCUT2D eigenvalue weighted by atomic mass is 16.5. The van der Waals surface area contributed by atoms with Crippen molar-refractivity contribution in [2.75, 3.05) is 7.11 Å². The number of aliphatic hydroxyl groups excluding tert-OH is 1. The van der Waals surface area contributed by atoms with Gasteiger partial charge in [0.2, 0.25) is 0 Å². The molecule has 1 aliphatic rings. The van der Waals surface area contributed by atoms with Crippen molar-refractivity contribution in [3.8, 4) is 5.69 Å². The second kappa shape index (κ2) is 8.94. The average Bonchev–Trinajstić information content (AvgIpc) is 3.33. The van der Waals surface area contributed by atoms with Crippen LogP contribution >= 0.6 is 0 Å². The molecular formula is C21H27N7O3. The van der Waals surface area contributed by atoms with Gasteiger partial charge in [0.25, 0.3) is 5.91 Å². The van der Waals surface area contributed by atoms with Crippen LogP contribution in [0, 0.1) is 6.92 Å². The van der Waals surface area contributed by atoms with Crippen molar-refractivity contribution >= 4 is 5.91 Å². The molecule has 0 radical (unpaired) electrons. The Bertz CT molecular complexity index is 1050. The van der Waals surface area contributed by atoms with Gasteiger partial charge in [0, 0.05) is 26.3 Å². The quantitative estimate of drug-likeness (QED) is 0.610. The Balaban J connectivity index is 1.58. The van der Waals surface area contributed by atoms with Gasteiger partial charge in [-0.2, -0.15) is 5.10 Å². The highest BCUT2D eigenvalue weighted by Gasteiger charge is 2.34. The van der Waals surface area contributed by atoms with Crippen LogP contribution in [0.4, 0.5) is 0 Å². The standard InChI is InChI=1S/C21H27N7O3/c1-13-9-17(27(2)25-13)21(30)23-16-10-14(6-7-18(16)29)20-24-19(12-31-3)26-28(20)15-5-4-8-22-11-15/h4-5,8-9,11,14,16,18,29H,6-7,10,12H2,1-3H3,(H,23,30)/t14-,16+,18+/m0/s1. The van der Waals surface area contributed by atoms with E-state index in [1.165, 1.54) is 0 Å². The summed E-state index contributed by atoms with van der Waals surface area (Å²) in [5, 5.41) is 22.4. The number of carbonyl (C=O) groups excluding carboxylic acids is 1. The summed E-state index contributed by atoms with van der Waals surface area (Å²) in [5.41, 5.74) is 2.04. The minimum absolute atomic E-state index is 0.0142. The maximum Gasteiger partial charge on any atom is 0.269 e. The number of aryl methyl sites for hydroxylation is 2. The number of nitrogens with one attached hydrogen (secondary N) is 1. The van der Waals surface area contributed by atoms with Crippen molar-refractivity contribution in [2.24, 2.45) is 7.05 Å². The summed E-state index contributed by atoms with van der Waals surface area (Å²) in [7, 11) is 3.34. The van der Waals surface area contributed by atoms with Gasteiger partial charge in [-0.05, 0) is 44.4 Å². The molecule has 3 heterocycles. The first kappa shape index (κ1) is 21.1. The normalized spacial score (nSPS) is 21.2. The summed E-state index contributed by atoms with van der Waals surface area (Å²) in [6, 6.07) is 5.10. The lowest BCUT2D eigenvalue weighted by atomic mass is 9.83. The van der Waals surface area contributed by atoms with E-state index in [9.17, 15) is 9.90 Å². The highest BCUT2D eigenvalue weighted by Crippen LogP contribution is 2.33. The Morgan fingerprint density at radius 1 is 1.35 bits per heavy atom. The minimum atomic E-state index is -0.622. The number of rotatable bonds is 6. The number of carbonyl (C=O) groups is 1. The molecule has 3 aromatic heterocycles. The van der Waals surface area contributed by atoms with Crippen molar-refractivity contribution in [1.29, 1.82) is 0 Å². The monoisotopic (exact) mass is 425 g/mol. The second-order valence-electron chi connectivity index (χ2n) is 7.89. The number of aromatic nitrogens is 6. The van der Waals surface area contributed by atoms with Crippen LogP contribution in [0.2, 0.25) is 0 Å². The van der Waals surface area contributed by atoms with Crippen molar-refractivity contribution < 1.29 is 14.6 Å². The maximum atomic E-state index is 12.8. The summed E-state index contributed by atoms with van der Waals surface area (Å²) >= 11 is 0. The van der Waals surface area contributed by atoms with Crippen LogP contribution in [0.15, 0.2) is 30.6 Å². The summed E-state index contributed by atoms with van der Waals surface area (Å²) in [4.78, 5) is 21.7. The molecular weight excluding hydrogens is 398 g/mol. The van der Waals surface area contributed by atoms with Gasteiger partial charge in [-0.1, -0.05) is 0 Å². The lowest BCUT2D eigenvalue weighted by Gasteiger charge is -2.33. The number of methoxy groups -OCH3 is 1. The fraction of sp³-hybridized carbons (Fsp3) is 0.476. The van der Waals surface area contributed by atoms with Gasteiger partial charge in [-0.25, -0.2) is 9.67 Å². The van der Waals surface area contributed by atoms with E-state index in [1.54, 1.807) is 42.0 Å². The summed E-state index contributed by atoms with van der Waals surface area (Å²) in [6.07, 6.45) is 4.66. The third-order valence-corrected chi connectivity index (χ3v) is 5.57. The van der Waals surface area contributed by atoms with E-state index in [-0.39, 0.29) is 11.8 Å². The third-order valence-electron chi connectivity index (χ3n) is 5.57. The van der Waals surface area contributed by atoms with Gasteiger partial charge in [0.1, 0.15) is 18.1 Å². The molecule has 31 heavy (non-hydrogen) atoms. The number of ether oxygens (including phenoxy) is 1. The smallest absolute Gasteiger partial charge is 0.269 e. The van der Waals surface area contributed by atoms with E-state index in [2.05, 4.69) is 20.5 Å². The number of nitrogens with zero attached hydrogens (tertiary/aromatic N) is 6. The zero-order valence-corrected chi connectivity index (χ0v) is 17.9. The summed E-state index contributed by atoms with van der Waals surface area (Å²) in [6.45, 7) is 2.14. The third kappa shape index (κ3) is 4.49. The fourth-order valence-corrected chi connectivity index (χ4v) is 4.10. The molecule has 2 N–H and O–H groups in total. The van der Waals surface area contributed by atoms with E-state index in [4.69, 9.17) is 9.72 Å². The largest absolute Gasteiger partial charge is 0.391 e. The summed E-state index contributed by atoms with van der Waals surface area (Å²) in [5.74, 6) is 1.13. The molecule has 0 saturated heterocycles. The molecule has 1 aliphatic carbocycles. The highest BCUT2D eigenvalue weighted by molar-refractivity contribution is 5.92. The van der Waals surface area contributed by atoms with E-state index in [0.29, 0.717) is 31.0 Å². The van der Waals surface area contributed by atoms with Crippen LogP contribution in [0.5, 0.6) is 0 Å². The summed E-state index contributed by atoms with van der Waals surface area (Å²) < 4.78 is 8.55. The predicted octanol–water partition coefficient (Wildman–Crippen LogP) is 1.28. The van der Waals surface area contributed by atoms with Crippen molar-refractivity contribution in [3.63, 3.8) is 0 Å². The fourth-order valence-electron chi connectivity index (χ4n) is 4.10. The Kier molecular flexibility index (Phi) is 6.10. The Morgan fingerprint density at radius 2 is 2.19 bits per heavy atom. The number of hydrogen-bond donors (Lipinski definition) is 2. The topological polar surface area (TPSA) is 120 Å². The molecule has 10 nitrogen and oxygen atoms in total. The molecule has 0 spiro atoms. The van der Waals surface area contributed by atoms with E-state index in [0.717, 1.165) is 23.6 Å². The van der Waals surface area contributed by atoms with Crippen LogP contribution in [0.25, 0.3) is 5.69 Å². The molecule has 164 valence electrons. The molecule has 1 fully saturated rings. The molecule has 0 unspecified atom stereocenters. The van der Waals surface area contributed by atoms with Crippen LogP contribution in [-0.2, 0) is 18.4 Å². The van der Waals surface area contributed by atoms with Gasteiger partial charge in [-0.15, -0.1) is 5.10 Å². The van der Waals surface area contributed by atoms with E-state index in [1.807, 2.05) is 19.1 Å². The zero-order valence-electron chi connectivity index (χ0n) is 17.9. The van der Waals surface area contributed by atoms with Gasteiger partial charge >= 0.3 is 0 Å². The molecule has 0 aromatic carbocycles. The minimum Gasteiger partial charge on any atom is -0.391 e. The van der Waals surface area contributed by atoms with Crippen molar-refractivity contribution in [2.45, 2.75) is 50.9 Å². The van der Waals surface area contributed by atoms with Crippen molar-refractivity contribution in [1.82, 2.24) is 34.8 Å². The second-order valence-corrected chi connectivity index (χ2v) is 7.89. The molecule has 3 atom stereocenters. The molecule has 4 rings (SSSR count). The first-order valence-electron chi connectivity index (χ1n) is 10.3. The number of aliphatic hydroxyl groups is 1. The maximum absolute atomic E-state index is 12.8. The predicted molar refractivity (Wildman–Crippen MR) is 112 cm³/mol. The SMILES string of the molecule is COCc1nc([C@H]2CC[C@@H](O)[C@H](NC(=O)c3cc(C)nn3C)C2)n(-c2cccnc2)n1. The Labute approximate surface area is 180 Å². The van der Waals surface area contributed by atoms with Crippen LogP contribution < -0.4 is 5.32 Å². The van der Waals surface area contributed by atoms with E-state index >= 15 is 0 Å². The lowest BCUT2D eigenvalue weighted by Crippen LogP contribution is -2.47. The molecule has 1 saturated carbocycles. The van der Waals surface area contributed by atoms with Crippen LogP contribution in [-0.4, -0.2) is 59.8 Å². The van der Waals surface area contributed by atoms with Gasteiger partial charge in [0.15, 0.2) is 5.82 Å². The zero-order chi connectivity index (χ0) is 22.0. The van der Waals surface area contributed by atoms with Gasteiger partial charge < -0.3 is 15.2 Å². The average molecular weight is 425 g/mol. The first-order valence-corrected chi connectivity index (χ1v) is 10.3. The molecule has 10 heteroatoms. The van der Waals surface area contributed by atoms with E-state index < -0.39 is 12.1 Å². The number of pyridine rings is 1. The van der Waals surface area contributed by atoms with Crippen LogP contribution in [0.3, 0.4) is 0 Å². The Morgan fingerprint density at radius 3 is 2.87 bits per heavy atom. The Hall–Kier alpha value is -3.11.